The van der Waals surface area contributed by atoms with E-state index in [2.05, 4.69) is 16.5 Å². The summed E-state index contributed by atoms with van der Waals surface area (Å²) in [7, 11) is 0. The van der Waals surface area contributed by atoms with Crippen molar-refractivity contribution in [2.75, 3.05) is 12.3 Å². The van der Waals surface area contributed by atoms with E-state index >= 15 is 0 Å². The molecule has 4 N–H and O–H groups in total. The molecular formula is C22H23N5O8. The molecule has 184 valence electrons. The lowest BCUT2D eigenvalue weighted by molar-refractivity contribution is -0.154. The number of nitrogen functional groups attached to an aromatic ring is 1. The van der Waals surface area contributed by atoms with Gasteiger partial charge in [0, 0.05) is 19.0 Å². The second-order valence-electron chi connectivity index (χ2n) is 8.12. The van der Waals surface area contributed by atoms with Crippen molar-refractivity contribution in [2.24, 2.45) is 0 Å². The number of aliphatic hydroxyl groups excluding tert-OH is 1. The third-order valence-corrected chi connectivity index (χ3v) is 5.84. The number of nitrogens with zero attached hydrogens (tertiary/aromatic N) is 3. The maximum Gasteiger partial charge on any atom is 0.333 e. The molecule has 0 amide bonds. The summed E-state index contributed by atoms with van der Waals surface area (Å²) in [6, 6.07) is 6.55. The highest BCUT2D eigenvalue weighted by atomic mass is 16.8. The first-order valence-electron chi connectivity index (χ1n) is 10.8. The molecule has 35 heavy (non-hydrogen) atoms. The van der Waals surface area contributed by atoms with Crippen LogP contribution >= 0.6 is 0 Å². The van der Waals surface area contributed by atoms with Gasteiger partial charge in [-0.05, 0) is 12.1 Å². The Morgan fingerprint density at radius 1 is 1.26 bits per heavy atom. The molecule has 2 aliphatic rings. The number of aromatic amines is 1. The van der Waals surface area contributed by atoms with E-state index in [0.29, 0.717) is 11.3 Å². The van der Waals surface area contributed by atoms with Crippen LogP contribution in [0.15, 0.2) is 46.5 Å². The Hall–Kier alpha value is -3.78. The third-order valence-electron chi connectivity index (χ3n) is 5.84. The lowest BCUT2D eigenvalue weighted by Gasteiger charge is -2.20. The number of carbonyl (C=O) groups is 1. The Morgan fingerprint density at radius 2 is 1.97 bits per heavy atom. The number of aromatic nitrogens is 4. The van der Waals surface area contributed by atoms with Gasteiger partial charge in [0.25, 0.3) is 5.56 Å². The molecular weight excluding hydrogens is 462 g/mol. The molecule has 0 radical (unpaired) electrons. The van der Waals surface area contributed by atoms with Gasteiger partial charge >= 0.3 is 11.7 Å². The first-order chi connectivity index (χ1) is 16.8. The average Bonchev–Trinajstić information content (AvgIpc) is 3.45. The number of imidazole rings is 1. The Bertz CT molecular complexity index is 1410. The predicted molar refractivity (Wildman–Crippen MR) is 120 cm³/mol. The van der Waals surface area contributed by atoms with Gasteiger partial charge in [0.15, 0.2) is 23.7 Å². The quantitative estimate of drug-likeness (QED) is 0.244. The number of hydrogen-bond acceptors (Lipinski definition) is 10. The van der Waals surface area contributed by atoms with Crippen molar-refractivity contribution in [2.45, 2.75) is 44.3 Å². The number of esters is 1. The third kappa shape index (κ3) is 3.83. The molecule has 2 saturated heterocycles. The van der Waals surface area contributed by atoms with Crippen LogP contribution < -0.4 is 21.7 Å². The summed E-state index contributed by atoms with van der Waals surface area (Å²) in [6.45, 7) is 4.60. The second kappa shape index (κ2) is 8.78. The van der Waals surface area contributed by atoms with Crippen molar-refractivity contribution < 1.29 is 28.8 Å². The van der Waals surface area contributed by atoms with E-state index in [1.165, 1.54) is 22.1 Å². The fourth-order valence-corrected chi connectivity index (χ4v) is 4.43. The number of H-pyrrole nitrogens is 1. The smallest absolute Gasteiger partial charge is 0.333 e. The molecule has 2 aliphatic heterocycles. The zero-order valence-corrected chi connectivity index (χ0v) is 18.6. The van der Waals surface area contributed by atoms with Gasteiger partial charge in [0.1, 0.15) is 24.1 Å². The number of allylic oxidation sites excluding steroid dienone is 1. The number of nitrogens with one attached hydrogen (secondary N) is 1. The van der Waals surface area contributed by atoms with Crippen molar-refractivity contribution >= 4 is 23.1 Å². The van der Waals surface area contributed by atoms with Crippen LogP contribution in [0.1, 0.15) is 25.0 Å². The molecule has 13 nitrogen and oxygen atoms in total. The van der Waals surface area contributed by atoms with E-state index < -0.39 is 54.7 Å². The summed E-state index contributed by atoms with van der Waals surface area (Å²) in [6.07, 6.45) is -2.76. The summed E-state index contributed by atoms with van der Waals surface area (Å²) < 4.78 is 25.5. The number of fused-ring (bicyclic) bond motifs is 2. The van der Waals surface area contributed by atoms with Crippen LogP contribution in [0.2, 0.25) is 0 Å². The lowest BCUT2D eigenvalue weighted by Crippen LogP contribution is -2.34. The van der Waals surface area contributed by atoms with Gasteiger partial charge in [-0.3, -0.25) is 19.1 Å². The molecule has 5 rings (SSSR count). The highest BCUT2D eigenvalue weighted by Gasteiger charge is 2.54. The Labute approximate surface area is 197 Å². The van der Waals surface area contributed by atoms with E-state index in [4.69, 9.17) is 24.7 Å². The van der Waals surface area contributed by atoms with Gasteiger partial charge in [-0.1, -0.05) is 18.2 Å². The van der Waals surface area contributed by atoms with E-state index in [1.807, 2.05) is 0 Å². The van der Waals surface area contributed by atoms with Crippen molar-refractivity contribution in [3.05, 3.63) is 63.3 Å². The minimum absolute atomic E-state index is 0.00761. The van der Waals surface area contributed by atoms with Gasteiger partial charge in [0.2, 0.25) is 5.95 Å². The number of ether oxygens (including phenoxy) is 4. The maximum atomic E-state index is 13.4. The van der Waals surface area contributed by atoms with E-state index in [0.717, 1.165) is 0 Å². The van der Waals surface area contributed by atoms with Crippen LogP contribution in [0, 0.1) is 0 Å². The number of nitrogens with two attached hydrogens (primary N) is 1. The normalized spacial score (nSPS) is 25.6. The summed E-state index contributed by atoms with van der Waals surface area (Å²) in [5, 5.41) is 9.91. The fourth-order valence-electron chi connectivity index (χ4n) is 4.43. The van der Waals surface area contributed by atoms with Gasteiger partial charge in [-0.15, -0.1) is 6.58 Å². The highest BCUT2D eigenvalue weighted by molar-refractivity contribution is 5.72. The van der Waals surface area contributed by atoms with Crippen molar-refractivity contribution in [3.63, 3.8) is 0 Å². The van der Waals surface area contributed by atoms with Gasteiger partial charge in [-0.2, -0.15) is 4.98 Å². The predicted octanol–water partition coefficient (Wildman–Crippen LogP) is -0.0477. The van der Waals surface area contributed by atoms with E-state index in [9.17, 15) is 19.5 Å². The molecule has 5 atom stereocenters. The van der Waals surface area contributed by atoms with Gasteiger partial charge < -0.3 is 29.8 Å². The summed E-state index contributed by atoms with van der Waals surface area (Å²) >= 11 is 0. The lowest BCUT2D eigenvalue weighted by atomic mass is 10.1. The number of benzene rings is 1. The van der Waals surface area contributed by atoms with Crippen LogP contribution in [0.3, 0.4) is 0 Å². The zero-order chi connectivity index (χ0) is 24.9. The molecule has 0 bridgehead atoms. The molecule has 3 aromatic rings. The molecule has 2 aromatic heterocycles. The van der Waals surface area contributed by atoms with Crippen molar-refractivity contribution in [1.82, 2.24) is 19.1 Å². The SMILES string of the molecule is C=CCn1c(=O)n(C2O[C@H](CO)[C@H]3OC(c4ccc(OC(C)=O)cc4)O[C@@H]23)c2nc(N)[nH]c(=O)c21. The second-order valence-corrected chi connectivity index (χ2v) is 8.12. The standard InChI is InChI=1S/C22H23N5O8/c1-3-8-26-14-17(24-21(23)25-18(14)30)27(22(26)31)19-16-15(13(9-28)33-19)34-20(35-16)11-4-6-12(7-5-11)32-10(2)29/h3-7,13,15-16,19-20,28H,1,8-9H2,2H3,(H3,23,24,25,30)/t13-,15-,16-,19?,20?/m1/s1. The summed E-state index contributed by atoms with van der Waals surface area (Å²) in [5.74, 6) is -0.250. The van der Waals surface area contributed by atoms with Crippen LogP contribution in [-0.4, -0.2) is 55.1 Å². The topological polar surface area (TPSA) is 173 Å². The molecule has 0 aliphatic carbocycles. The molecule has 4 heterocycles. The van der Waals surface area contributed by atoms with Crippen molar-refractivity contribution in [3.8, 4) is 5.75 Å². The monoisotopic (exact) mass is 485 g/mol. The molecule has 0 spiro atoms. The first-order valence-corrected chi connectivity index (χ1v) is 10.8. The number of aliphatic hydroxyl groups is 1. The molecule has 0 saturated carbocycles. The number of rotatable bonds is 6. The Morgan fingerprint density at radius 3 is 2.63 bits per heavy atom. The minimum Gasteiger partial charge on any atom is -0.427 e. The average molecular weight is 485 g/mol. The van der Waals surface area contributed by atoms with E-state index in [-0.39, 0.29) is 23.7 Å². The van der Waals surface area contributed by atoms with Crippen LogP contribution in [0.5, 0.6) is 5.75 Å². The zero-order valence-electron chi connectivity index (χ0n) is 18.6. The first kappa shape index (κ1) is 23.0. The largest absolute Gasteiger partial charge is 0.427 e. The fraction of sp³-hybridized carbons (Fsp3) is 0.364. The summed E-state index contributed by atoms with van der Waals surface area (Å²) in [5.41, 5.74) is 5.23. The number of anilines is 1. The van der Waals surface area contributed by atoms with E-state index in [1.54, 1.807) is 24.3 Å². The molecule has 2 unspecified atom stereocenters. The van der Waals surface area contributed by atoms with Crippen LogP contribution in [0.25, 0.3) is 11.2 Å². The number of hydrogen-bond donors (Lipinski definition) is 3. The molecule has 2 fully saturated rings. The highest BCUT2D eigenvalue weighted by Crippen LogP contribution is 2.44. The summed E-state index contributed by atoms with van der Waals surface area (Å²) in [4.78, 5) is 43.7. The van der Waals surface area contributed by atoms with Gasteiger partial charge in [-0.25, -0.2) is 9.36 Å². The number of carbonyl (C=O) groups excluding carboxylic acids is 1. The Kier molecular flexibility index (Phi) is 5.76. The van der Waals surface area contributed by atoms with Crippen LogP contribution in [0.4, 0.5) is 5.95 Å². The van der Waals surface area contributed by atoms with Crippen molar-refractivity contribution in [1.29, 1.82) is 0 Å². The molecule has 1 aromatic carbocycles. The molecule has 13 heteroatoms. The minimum atomic E-state index is -1.06. The Balaban J connectivity index is 1.53. The van der Waals surface area contributed by atoms with Gasteiger partial charge in [0.05, 0.1) is 6.61 Å². The maximum absolute atomic E-state index is 13.4. The van der Waals surface area contributed by atoms with Crippen LogP contribution in [-0.2, 0) is 25.5 Å².